The molecule has 0 aliphatic carbocycles. The van der Waals surface area contributed by atoms with E-state index >= 15 is 0 Å². The van der Waals surface area contributed by atoms with E-state index in [-0.39, 0.29) is 10.8 Å². The zero-order valence-corrected chi connectivity index (χ0v) is 17.8. The maximum atomic E-state index is 13.0. The zero-order chi connectivity index (χ0) is 21.1. The lowest BCUT2D eigenvalue weighted by atomic mass is 10.0. The third-order valence-corrected chi connectivity index (χ3v) is 7.48. The summed E-state index contributed by atoms with van der Waals surface area (Å²) in [5.74, 6) is -0.184. The highest BCUT2D eigenvalue weighted by Gasteiger charge is 2.30. The van der Waals surface area contributed by atoms with Crippen LogP contribution in [0.2, 0.25) is 0 Å². The van der Waals surface area contributed by atoms with Gasteiger partial charge in [0.05, 0.1) is 31.1 Å². The molecule has 2 N–H and O–H groups in total. The molecular formula is C23H26N3O3S+. The van der Waals surface area contributed by atoms with Crippen LogP contribution in [0.15, 0.2) is 71.6 Å². The van der Waals surface area contributed by atoms with Crippen LogP contribution in [-0.2, 0) is 21.4 Å². The highest BCUT2D eigenvalue weighted by Crippen LogP contribution is 2.20. The molecule has 1 saturated heterocycles. The molecule has 1 aliphatic rings. The number of hydrogen-bond acceptors (Lipinski definition) is 3. The average Bonchev–Trinajstić information content (AvgIpc) is 2.74. The second-order valence-corrected chi connectivity index (χ2v) is 9.61. The van der Waals surface area contributed by atoms with Gasteiger partial charge in [-0.3, -0.25) is 4.79 Å². The minimum Gasteiger partial charge on any atom is -0.329 e. The highest BCUT2D eigenvalue weighted by molar-refractivity contribution is 7.89. The van der Waals surface area contributed by atoms with E-state index in [2.05, 4.69) is 41.7 Å². The average molecular weight is 425 g/mol. The number of carbonyl (C=O) groups excluding carboxylic acids is 1. The Labute approximate surface area is 177 Å². The monoisotopic (exact) mass is 424 g/mol. The number of nitrogens with zero attached hydrogens (tertiary/aromatic N) is 1. The number of carbonyl (C=O) groups is 1. The predicted molar refractivity (Wildman–Crippen MR) is 118 cm³/mol. The van der Waals surface area contributed by atoms with E-state index in [1.165, 1.54) is 28.2 Å². The minimum atomic E-state index is -3.53. The van der Waals surface area contributed by atoms with Crippen LogP contribution in [0.25, 0.3) is 10.8 Å². The fourth-order valence-electron chi connectivity index (χ4n) is 4.00. The second kappa shape index (κ2) is 8.55. The molecule has 0 bridgehead atoms. The summed E-state index contributed by atoms with van der Waals surface area (Å²) >= 11 is 0. The molecule has 6 nitrogen and oxygen atoms in total. The summed E-state index contributed by atoms with van der Waals surface area (Å²) in [5, 5.41) is 5.15. The van der Waals surface area contributed by atoms with Gasteiger partial charge in [0.2, 0.25) is 15.9 Å². The summed E-state index contributed by atoms with van der Waals surface area (Å²) in [5.41, 5.74) is 1.89. The van der Waals surface area contributed by atoms with Gasteiger partial charge in [0.25, 0.3) is 0 Å². The molecule has 0 saturated carbocycles. The van der Waals surface area contributed by atoms with Crippen LogP contribution in [-0.4, -0.2) is 44.8 Å². The molecule has 3 aromatic carbocycles. The van der Waals surface area contributed by atoms with Crippen LogP contribution in [0.4, 0.5) is 5.69 Å². The Morgan fingerprint density at radius 2 is 1.63 bits per heavy atom. The molecule has 3 aromatic rings. The van der Waals surface area contributed by atoms with Gasteiger partial charge in [-0.15, -0.1) is 0 Å². The quantitative estimate of drug-likeness (QED) is 0.657. The first-order chi connectivity index (χ1) is 14.4. The number of anilines is 1. The fourth-order valence-corrected chi connectivity index (χ4v) is 5.44. The van der Waals surface area contributed by atoms with Gasteiger partial charge >= 0.3 is 0 Å². The van der Waals surface area contributed by atoms with Crippen molar-refractivity contribution in [1.82, 2.24) is 4.31 Å². The molecule has 7 heteroatoms. The van der Waals surface area contributed by atoms with Crippen molar-refractivity contribution in [3.05, 3.63) is 72.3 Å². The third kappa shape index (κ3) is 4.38. The summed E-state index contributed by atoms with van der Waals surface area (Å²) in [6.45, 7) is 4.84. The van der Waals surface area contributed by atoms with Crippen LogP contribution in [0.3, 0.4) is 0 Å². The normalized spacial score (nSPS) is 15.9. The van der Waals surface area contributed by atoms with Crippen molar-refractivity contribution in [1.29, 1.82) is 0 Å². The Morgan fingerprint density at radius 1 is 0.967 bits per heavy atom. The fraction of sp³-hybridized carbons (Fsp3) is 0.261. The van der Waals surface area contributed by atoms with Crippen LogP contribution < -0.4 is 10.2 Å². The lowest BCUT2D eigenvalue weighted by molar-refractivity contribution is -0.917. The van der Waals surface area contributed by atoms with E-state index in [4.69, 9.17) is 0 Å². The number of piperazine rings is 1. The Hall–Kier alpha value is -2.74. The van der Waals surface area contributed by atoms with Crippen LogP contribution in [0, 0.1) is 0 Å². The number of quaternary nitrogens is 1. The highest BCUT2D eigenvalue weighted by atomic mass is 32.2. The number of fused-ring (bicyclic) bond motifs is 1. The van der Waals surface area contributed by atoms with Gasteiger partial charge in [0.15, 0.2) is 0 Å². The Balaban J connectivity index is 1.41. The van der Waals surface area contributed by atoms with Gasteiger partial charge < -0.3 is 10.2 Å². The van der Waals surface area contributed by atoms with Gasteiger partial charge in [-0.1, -0.05) is 42.5 Å². The smallest absolute Gasteiger partial charge is 0.243 e. The number of sulfonamides is 1. The molecule has 1 aliphatic heterocycles. The first-order valence-corrected chi connectivity index (χ1v) is 11.6. The molecule has 156 valence electrons. The summed E-state index contributed by atoms with van der Waals surface area (Å²) in [6.07, 6.45) is 0. The molecule has 0 radical (unpaired) electrons. The van der Waals surface area contributed by atoms with Gasteiger partial charge in [-0.05, 0) is 35.0 Å². The van der Waals surface area contributed by atoms with Gasteiger partial charge in [-0.25, -0.2) is 8.42 Å². The molecule has 0 aromatic heterocycles. The Bertz CT molecular complexity index is 1150. The number of benzene rings is 3. The van der Waals surface area contributed by atoms with Crippen LogP contribution in [0.5, 0.6) is 0 Å². The van der Waals surface area contributed by atoms with E-state index in [9.17, 15) is 13.2 Å². The number of rotatable bonds is 5. The summed E-state index contributed by atoms with van der Waals surface area (Å²) < 4.78 is 27.5. The van der Waals surface area contributed by atoms with Crippen molar-refractivity contribution in [2.75, 3.05) is 31.5 Å². The number of amides is 1. The molecule has 0 atom stereocenters. The zero-order valence-electron chi connectivity index (χ0n) is 17.0. The maximum Gasteiger partial charge on any atom is 0.243 e. The molecule has 1 heterocycles. The van der Waals surface area contributed by atoms with Gasteiger partial charge in [0.1, 0.15) is 6.54 Å². The number of hydrogen-bond donors (Lipinski definition) is 2. The second-order valence-electron chi connectivity index (χ2n) is 7.67. The number of nitrogens with one attached hydrogen (secondary N) is 2. The Kier molecular flexibility index (Phi) is 5.85. The van der Waals surface area contributed by atoms with Crippen LogP contribution >= 0.6 is 0 Å². The van der Waals surface area contributed by atoms with Crippen molar-refractivity contribution in [3.8, 4) is 0 Å². The standard InChI is InChI=1S/C23H25N3O3S/c1-18(27)24-21-9-11-22(12-10-21)30(28,29)26-15-13-25(14-16-26)17-20-7-4-6-19-5-2-3-8-23(19)20/h2-12H,13-17H2,1H3,(H,24,27)/p+1. The maximum absolute atomic E-state index is 13.0. The summed E-state index contributed by atoms with van der Waals surface area (Å²) in [6, 6.07) is 21.1. The van der Waals surface area contributed by atoms with Crippen molar-refractivity contribution in [2.45, 2.75) is 18.4 Å². The molecule has 1 fully saturated rings. The van der Waals surface area contributed by atoms with E-state index in [0.717, 1.165) is 19.6 Å². The van der Waals surface area contributed by atoms with E-state index in [1.807, 2.05) is 6.07 Å². The molecule has 4 rings (SSSR count). The van der Waals surface area contributed by atoms with Crippen LogP contribution in [0.1, 0.15) is 12.5 Å². The molecular weight excluding hydrogens is 398 g/mol. The first-order valence-electron chi connectivity index (χ1n) is 10.1. The van der Waals surface area contributed by atoms with Crippen molar-refractivity contribution in [3.63, 3.8) is 0 Å². The third-order valence-electron chi connectivity index (χ3n) is 5.56. The lowest BCUT2D eigenvalue weighted by Gasteiger charge is -2.31. The summed E-state index contributed by atoms with van der Waals surface area (Å²) in [4.78, 5) is 12.8. The van der Waals surface area contributed by atoms with E-state index in [1.54, 1.807) is 28.6 Å². The molecule has 0 spiro atoms. The van der Waals surface area contributed by atoms with Gasteiger partial charge in [-0.2, -0.15) is 4.31 Å². The molecule has 0 unspecified atom stereocenters. The summed E-state index contributed by atoms with van der Waals surface area (Å²) in [7, 11) is -3.53. The topological polar surface area (TPSA) is 70.9 Å². The van der Waals surface area contributed by atoms with E-state index < -0.39 is 10.0 Å². The van der Waals surface area contributed by atoms with Crippen molar-refractivity contribution in [2.24, 2.45) is 0 Å². The lowest BCUT2D eigenvalue weighted by Crippen LogP contribution is -3.13. The molecule has 1 amide bonds. The van der Waals surface area contributed by atoms with Gasteiger partial charge in [0, 0.05) is 18.2 Å². The Morgan fingerprint density at radius 3 is 2.33 bits per heavy atom. The van der Waals surface area contributed by atoms with E-state index in [0.29, 0.717) is 18.8 Å². The SMILES string of the molecule is CC(=O)Nc1ccc(S(=O)(=O)N2CC[NH+](Cc3cccc4ccccc34)CC2)cc1. The largest absolute Gasteiger partial charge is 0.329 e. The molecule has 30 heavy (non-hydrogen) atoms. The predicted octanol–water partition coefficient (Wildman–Crippen LogP) is 1.89. The van der Waals surface area contributed by atoms with Crippen molar-refractivity contribution >= 4 is 32.4 Å². The minimum absolute atomic E-state index is 0.184. The van der Waals surface area contributed by atoms with Crippen molar-refractivity contribution < 1.29 is 18.1 Å². The first kappa shape index (κ1) is 20.5.